The van der Waals surface area contributed by atoms with E-state index in [1.54, 1.807) is 18.0 Å². The van der Waals surface area contributed by atoms with Crippen molar-refractivity contribution >= 4 is 23.3 Å². The first-order valence-corrected chi connectivity index (χ1v) is 9.50. The highest BCUT2D eigenvalue weighted by molar-refractivity contribution is 6.06. The molecule has 2 aliphatic heterocycles. The number of benzene rings is 1. The summed E-state index contributed by atoms with van der Waals surface area (Å²) in [5.41, 5.74) is 3.16. The highest BCUT2D eigenvalue weighted by Gasteiger charge is 2.28. The van der Waals surface area contributed by atoms with Crippen LogP contribution in [-0.2, 0) is 17.8 Å². The molecule has 27 heavy (non-hydrogen) atoms. The summed E-state index contributed by atoms with van der Waals surface area (Å²) in [6, 6.07) is 9.51. The van der Waals surface area contributed by atoms with Crippen LogP contribution >= 0.6 is 0 Å². The van der Waals surface area contributed by atoms with Crippen LogP contribution in [0.1, 0.15) is 40.7 Å². The van der Waals surface area contributed by atoms with Crippen molar-refractivity contribution in [1.82, 2.24) is 10.3 Å². The molecule has 4 rings (SSSR count). The van der Waals surface area contributed by atoms with Crippen LogP contribution in [0.3, 0.4) is 0 Å². The molecular formula is C21H24N4O2. The molecule has 6 heteroatoms. The van der Waals surface area contributed by atoms with Crippen molar-refractivity contribution in [1.29, 1.82) is 0 Å². The summed E-state index contributed by atoms with van der Waals surface area (Å²) in [5, 5.41) is 2.95. The molecule has 3 heterocycles. The molecule has 1 fully saturated rings. The molecule has 0 radical (unpaired) electrons. The number of aromatic nitrogens is 1. The van der Waals surface area contributed by atoms with Crippen molar-refractivity contribution in [2.45, 2.75) is 32.2 Å². The summed E-state index contributed by atoms with van der Waals surface area (Å²) in [5.74, 6) is 0.866. The third kappa shape index (κ3) is 3.52. The maximum absolute atomic E-state index is 12.6. The molecule has 2 amide bonds. The quantitative estimate of drug-likeness (QED) is 0.905. The zero-order valence-corrected chi connectivity index (χ0v) is 15.6. The monoisotopic (exact) mass is 364 g/mol. The molecule has 1 N–H and O–H groups in total. The van der Waals surface area contributed by atoms with Gasteiger partial charge in [0.05, 0.1) is 6.42 Å². The molecule has 2 aliphatic rings. The largest absolute Gasteiger partial charge is 0.357 e. The number of carbonyl (C=O) groups excluding carboxylic acids is 2. The Morgan fingerprint density at radius 3 is 2.70 bits per heavy atom. The van der Waals surface area contributed by atoms with Crippen LogP contribution in [0.15, 0.2) is 36.5 Å². The number of likely N-dealkylation sites (N-methyl/N-ethyl adjacent to an activating group) is 1. The minimum Gasteiger partial charge on any atom is -0.357 e. The first-order chi connectivity index (χ1) is 13.1. The molecule has 0 unspecified atom stereocenters. The minimum atomic E-state index is -0.157. The van der Waals surface area contributed by atoms with E-state index in [0.717, 1.165) is 35.7 Å². The van der Waals surface area contributed by atoms with Gasteiger partial charge in [0.15, 0.2) is 0 Å². The van der Waals surface area contributed by atoms with Gasteiger partial charge in [-0.2, -0.15) is 0 Å². The van der Waals surface area contributed by atoms with E-state index in [0.29, 0.717) is 12.1 Å². The van der Waals surface area contributed by atoms with E-state index in [2.05, 4.69) is 15.2 Å². The summed E-state index contributed by atoms with van der Waals surface area (Å²) < 4.78 is 0. The van der Waals surface area contributed by atoms with Crippen molar-refractivity contribution in [2.75, 3.05) is 29.9 Å². The lowest BCUT2D eigenvalue weighted by Crippen LogP contribution is -2.30. The number of rotatable bonds is 4. The lowest BCUT2D eigenvalue weighted by Gasteiger charge is -2.27. The van der Waals surface area contributed by atoms with Crippen LogP contribution in [-0.4, -0.2) is 36.9 Å². The Balaban J connectivity index is 1.41. The van der Waals surface area contributed by atoms with Gasteiger partial charge in [0.2, 0.25) is 5.91 Å². The smallest absolute Gasteiger partial charge is 0.251 e. The number of anilines is 2. The molecule has 0 aliphatic carbocycles. The molecule has 1 saturated heterocycles. The fraction of sp³-hybridized carbons (Fsp3) is 0.381. The number of amides is 2. The fourth-order valence-corrected chi connectivity index (χ4v) is 3.80. The van der Waals surface area contributed by atoms with Crippen LogP contribution < -0.4 is 15.1 Å². The number of nitrogens with one attached hydrogen (secondary N) is 1. The Kier molecular flexibility index (Phi) is 4.79. The van der Waals surface area contributed by atoms with Gasteiger partial charge < -0.3 is 15.1 Å². The lowest BCUT2D eigenvalue weighted by atomic mass is 10.0. The van der Waals surface area contributed by atoms with Gasteiger partial charge in [-0.05, 0) is 48.6 Å². The van der Waals surface area contributed by atoms with Crippen LogP contribution in [0, 0.1) is 0 Å². The Morgan fingerprint density at radius 1 is 1.15 bits per heavy atom. The van der Waals surface area contributed by atoms with E-state index in [-0.39, 0.29) is 18.2 Å². The summed E-state index contributed by atoms with van der Waals surface area (Å²) >= 11 is 0. The van der Waals surface area contributed by atoms with Crippen LogP contribution in [0.2, 0.25) is 0 Å². The Morgan fingerprint density at radius 2 is 1.96 bits per heavy atom. The van der Waals surface area contributed by atoms with Crippen molar-refractivity contribution < 1.29 is 9.59 Å². The highest BCUT2D eigenvalue weighted by Crippen LogP contribution is 2.30. The average Bonchev–Trinajstić information content (AvgIpc) is 3.01. The van der Waals surface area contributed by atoms with Gasteiger partial charge in [-0.25, -0.2) is 4.98 Å². The summed E-state index contributed by atoms with van der Waals surface area (Å²) in [6.45, 7) is 2.55. The second-order valence-corrected chi connectivity index (χ2v) is 7.19. The summed E-state index contributed by atoms with van der Waals surface area (Å²) in [6.07, 6.45) is 5.85. The van der Waals surface area contributed by atoms with Gasteiger partial charge in [0.1, 0.15) is 5.82 Å². The predicted molar refractivity (Wildman–Crippen MR) is 105 cm³/mol. The Bertz CT molecular complexity index is 857. The standard InChI is InChI=1S/C21H24N4O2/c1-24-18-7-5-6-16(17(18)12-20(24)26)21(27)23-14-15-8-9-19(22-13-15)25-10-3-2-4-11-25/h5-9,13H,2-4,10-12,14H2,1H3,(H,23,27). The third-order valence-electron chi connectivity index (χ3n) is 5.40. The number of fused-ring (bicyclic) bond motifs is 1. The van der Waals surface area contributed by atoms with E-state index in [9.17, 15) is 9.59 Å². The SMILES string of the molecule is CN1C(=O)Cc2c(C(=O)NCc3ccc(N4CCCCC4)nc3)cccc21. The van der Waals surface area contributed by atoms with Crippen molar-refractivity contribution in [3.8, 4) is 0 Å². The molecule has 0 atom stereocenters. The van der Waals surface area contributed by atoms with Gasteiger partial charge in [0.25, 0.3) is 5.91 Å². The van der Waals surface area contributed by atoms with E-state index in [4.69, 9.17) is 0 Å². The molecule has 140 valence electrons. The van der Waals surface area contributed by atoms with E-state index < -0.39 is 0 Å². The van der Waals surface area contributed by atoms with Gasteiger partial charge in [-0.15, -0.1) is 0 Å². The second kappa shape index (κ2) is 7.39. The van der Waals surface area contributed by atoms with E-state index in [1.807, 2.05) is 30.5 Å². The molecule has 6 nitrogen and oxygen atoms in total. The van der Waals surface area contributed by atoms with E-state index >= 15 is 0 Å². The zero-order valence-electron chi connectivity index (χ0n) is 15.6. The topological polar surface area (TPSA) is 65.5 Å². The fourth-order valence-electron chi connectivity index (χ4n) is 3.80. The van der Waals surface area contributed by atoms with Crippen LogP contribution in [0.5, 0.6) is 0 Å². The maximum Gasteiger partial charge on any atom is 0.251 e. The molecule has 1 aromatic heterocycles. The lowest BCUT2D eigenvalue weighted by molar-refractivity contribution is -0.117. The van der Waals surface area contributed by atoms with Crippen LogP contribution in [0.4, 0.5) is 11.5 Å². The normalized spacial score (nSPS) is 16.4. The summed E-state index contributed by atoms with van der Waals surface area (Å²) in [7, 11) is 1.74. The second-order valence-electron chi connectivity index (χ2n) is 7.19. The molecule has 0 saturated carbocycles. The average molecular weight is 364 g/mol. The number of nitrogens with zero attached hydrogens (tertiary/aromatic N) is 3. The Hall–Kier alpha value is -2.89. The highest BCUT2D eigenvalue weighted by atomic mass is 16.2. The molecule has 0 bridgehead atoms. The van der Waals surface area contributed by atoms with Gasteiger partial charge in [-0.1, -0.05) is 12.1 Å². The van der Waals surface area contributed by atoms with E-state index in [1.165, 1.54) is 19.3 Å². The number of hydrogen-bond acceptors (Lipinski definition) is 4. The number of carbonyl (C=O) groups is 2. The maximum atomic E-state index is 12.6. The minimum absolute atomic E-state index is 0.0164. The third-order valence-corrected chi connectivity index (χ3v) is 5.40. The molecule has 1 aromatic carbocycles. The summed E-state index contributed by atoms with van der Waals surface area (Å²) in [4.78, 5) is 33.0. The van der Waals surface area contributed by atoms with Crippen molar-refractivity contribution in [2.24, 2.45) is 0 Å². The molecule has 2 aromatic rings. The van der Waals surface area contributed by atoms with Crippen LogP contribution in [0.25, 0.3) is 0 Å². The van der Waals surface area contributed by atoms with Crippen molar-refractivity contribution in [3.63, 3.8) is 0 Å². The zero-order chi connectivity index (χ0) is 18.8. The molecular weight excluding hydrogens is 340 g/mol. The molecule has 0 spiro atoms. The first kappa shape index (κ1) is 17.5. The number of pyridine rings is 1. The first-order valence-electron chi connectivity index (χ1n) is 9.50. The predicted octanol–water partition coefficient (Wildman–Crippen LogP) is 2.52. The van der Waals surface area contributed by atoms with Gasteiger partial charge in [-0.3, -0.25) is 9.59 Å². The van der Waals surface area contributed by atoms with Gasteiger partial charge in [0, 0.05) is 44.1 Å². The number of piperidine rings is 1. The van der Waals surface area contributed by atoms with Gasteiger partial charge >= 0.3 is 0 Å². The van der Waals surface area contributed by atoms with Crippen molar-refractivity contribution in [3.05, 3.63) is 53.2 Å². The Labute approximate surface area is 159 Å². The number of hydrogen-bond donors (Lipinski definition) is 1.